The van der Waals surface area contributed by atoms with Crippen LogP contribution in [0.25, 0.3) is 6.08 Å². The average Bonchev–Trinajstić information content (AvgIpc) is 2.35. The second-order valence-electron chi connectivity index (χ2n) is 3.61. The van der Waals surface area contributed by atoms with Gasteiger partial charge >= 0.3 is 5.97 Å². The Hall–Kier alpha value is -2.28. The standard InChI is InChI=1S/C13H14N2O2/c1-15(2)12-7-5-4-6-10(12)8-11(9-14)13(16)17-3/h4-8H,1-3H3/b11-8+. The first-order valence-corrected chi connectivity index (χ1v) is 5.06. The van der Waals surface area contributed by atoms with Crippen LogP contribution >= 0.6 is 0 Å². The lowest BCUT2D eigenvalue weighted by atomic mass is 10.1. The maximum Gasteiger partial charge on any atom is 0.348 e. The van der Waals surface area contributed by atoms with E-state index >= 15 is 0 Å². The maximum absolute atomic E-state index is 11.3. The van der Waals surface area contributed by atoms with Crippen LogP contribution in [-0.4, -0.2) is 27.2 Å². The van der Waals surface area contributed by atoms with Crippen molar-refractivity contribution in [2.45, 2.75) is 0 Å². The number of methoxy groups -OCH3 is 1. The van der Waals surface area contributed by atoms with Crippen molar-refractivity contribution in [1.82, 2.24) is 0 Å². The fourth-order valence-electron chi connectivity index (χ4n) is 1.42. The summed E-state index contributed by atoms with van der Waals surface area (Å²) < 4.78 is 4.53. The molecule has 0 saturated carbocycles. The molecule has 88 valence electrons. The van der Waals surface area contributed by atoms with Crippen LogP contribution in [-0.2, 0) is 9.53 Å². The van der Waals surface area contributed by atoms with Crippen LogP contribution in [0.3, 0.4) is 0 Å². The first-order chi connectivity index (χ1) is 8.10. The number of benzene rings is 1. The van der Waals surface area contributed by atoms with E-state index in [2.05, 4.69) is 4.74 Å². The number of rotatable bonds is 3. The summed E-state index contributed by atoms with van der Waals surface area (Å²) in [6.07, 6.45) is 1.53. The Labute approximate surface area is 101 Å². The topological polar surface area (TPSA) is 53.3 Å². The molecule has 17 heavy (non-hydrogen) atoms. The molecule has 0 unspecified atom stereocenters. The summed E-state index contributed by atoms with van der Waals surface area (Å²) in [5, 5.41) is 8.89. The van der Waals surface area contributed by atoms with Gasteiger partial charge in [0.15, 0.2) is 0 Å². The van der Waals surface area contributed by atoms with Gasteiger partial charge in [0, 0.05) is 19.8 Å². The fraction of sp³-hybridized carbons (Fsp3) is 0.231. The Morgan fingerprint density at radius 3 is 2.59 bits per heavy atom. The minimum atomic E-state index is -0.624. The number of nitrogens with zero attached hydrogens (tertiary/aromatic N) is 2. The average molecular weight is 230 g/mol. The lowest BCUT2D eigenvalue weighted by molar-refractivity contribution is -0.135. The molecule has 0 aliphatic carbocycles. The van der Waals surface area contributed by atoms with Gasteiger partial charge in [0.05, 0.1) is 7.11 Å². The SMILES string of the molecule is COC(=O)/C(C#N)=C/c1ccccc1N(C)C. The lowest BCUT2D eigenvalue weighted by Crippen LogP contribution is -2.10. The zero-order chi connectivity index (χ0) is 12.8. The van der Waals surface area contributed by atoms with Crippen molar-refractivity contribution in [1.29, 1.82) is 5.26 Å². The van der Waals surface area contributed by atoms with E-state index in [0.29, 0.717) is 0 Å². The molecule has 0 spiro atoms. The number of esters is 1. The molecule has 1 rings (SSSR count). The predicted molar refractivity (Wildman–Crippen MR) is 66.4 cm³/mol. The van der Waals surface area contributed by atoms with Crippen LogP contribution in [0.2, 0.25) is 0 Å². The molecule has 0 bridgehead atoms. The van der Waals surface area contributed by atoms with Crippen LogP contribution in [0.4, 0.5) is 5.69 Å². The second-order valence-corrected chi connectivity index (χ2v) is 3.61. The van der Waals surface area contributed by atoms with Crippen molar-refractivity contribution in [2.24, 2.45) is 0 Å². The molecule has 0 aliphatic rings. The zero-order valence-electron chi connectivity index (χ0n) is 10.1. The maximum atomic E-state index is 11.3. The summed E-state index contributed by atoms with van der Waals surface area (Å²) in [5.41, 5.74) is 1.73. The normalized spacial score (nSPS) is 10.6. The number of nitriles is 1. The molecule has 0 fully saturated rings. The number of carbonyl (C=O) groups excluding carboxylic acids is 1. The molecule has 0 heterocycles. The fourth-order valence-corrected chi connectivity index (χ4v) is 1.42. The summed E-state index contributed by atoms with van der Waals surface area (Å²) in [5.74, 6) is -0.624. The predicted octanol–water partition coefficient (Wildman–Crippen LogP) is 1.83. The van der Waals surface area contributed by atoms with E-state index in [4.69, 9.17) is 5.26 Å². The van der Waals surface area contributed by atoms with Crippen LogP contribution < -0.4 is 4.90 Å². The summed E-state index contributed by atoms with van der Waals surface area (Å²) in [7, 11) is 5.05. The van der Waals surface area contributed by atoms with Crippen molar-refractivity contribution in [2.75, 3.05) is 26.1 Å². The monoisotopic (exact) mass is 230 g/mol. The number of anilines is 1. The molecule has 0 saturated heterocycles. The molecule has 0 aromatic heterocycles. The highest BCUT2D eigenvalue weighted by Gasteiger charge is 2.10. The highest BCUT2D eigenvalue weighted by molar-refractivity contribution is 5.98. The quantitative estimate of drug-likeness (QED) is 0.451. The van der Waals surface area contributed by atoms with Crippen molar-refractivity contribution in [3.8, 4) is 6.07 Å². The molecule has 0 amide bonds. The van der Waals surface area contributed by atoms with E-state index in [0.717, 1.165) is 11.3 Å². The Bertz CT molecular complexity index is 484. The summed E-state index contributed by atoms with van der Waals surface area (Å²) >= 11 is 0. The van der Waals surface area contributed by atoms with Gasteiger partial charge in [-0.1, -0.05) is 18.2 Å². The van der Waals surface area contributed by atoms with Crippen LogP contribution in [0.5, 0.6) is 0 Å². The van der Waals surface area contributed by atoms with Crippen LogP contribution in [0.1, 0.15) is 5.56 Å². The number of ether oxygens (including phenoxy) is 1. The van der Waals surface area contributed by atoms with Crippen molar-refractivity contribution < 1.29 is 9.53 Å². The second kappa shape index (κ2) is 5.71. The van der Waals surface area contributed by atoms with E-state index in [1.165, 1.54) is 13.2 Å². The van der Waals surface area contributed by atoms with E-state index < -0.39 is 5.97 Å². The summed E-state index contributed by atoms with van der Waals surface area (Å²) in [4.78, 5) is 13.2. The molecular formula is C13H14N2O2. The molecule has 1 aromatic rings. The van der Waals surface area contributed by atoms with Gasteiger partial charge in [-0.15, -0.1) is 0 Å². The Balaban J connectivity index is 3.21. The number of para-hydroxylation sites is 1. The molecule has 0 N–H and O–H groups in total. The minimum absolute atomic E-state index is 0.0122. The highest BCUT2D eigenvalue weighted by atomic mass is 16.5. The molecule has 4 nitrogen and oxygen atoms in total. The van der Waals surface area contributed by atoms with Gasteiger partial charge in [-0.3, -0.25) is 0 Å². The van der Waals surface area contributed by atoms with Crippen molar-refractivity contribution in [3.05, 3.63) is 35.4 Å². The third-order valence-corrected chi connectivity index (χ3v) is 2.24. The third-order valence-electron chi connectivity index (χ3n) is 2.24. The smallest absolute Gasteiger partial charge is 0.348 e. The number of carbonyl (C=O) groups is 1. The highest BCUT2D eigenvalue weighted by Crippen LogP contribution is 2.20. The Morgan fingerprint density at radius 2 is 2.06 bits per heavy atom. The molecule has 1 aromatic carbocycles. The van der Waals surface area contributed by atoms with Gasteiger partial charge < -0.3 is 9.64 Å². The Morgan fingerprint density at radius 1 is 1.41 bits per heavy atom. The van der Waals surface area contributed by atoms with Gasteiger partial charge in [0.25, 0.3) is 0 Å². The van der Waals surface area contributed by atoms with E-state index in [1.54, 1.807) is 0 Å². The van der Waals surface area contributed by atoms with Crippen LogP contribution in [0.15, 0.2) is 29.8 Å². The largest absolute Gasteiger partial charge is 0.465 e. The Kier molecular flexibility index (Phi) is 4.29. The van der Waals surface area contributed by atoms with E-state index in [9.17, 15) is 4.79 Å². The molecule has 0 atom stereocenters. The molecule has 4 heteroatoms. The van der Waals surface area contributed by atoms with Gasteiger partial charge in [0.2, 0.25) is 0 Å². The van der Waals surface area contributed by atoms with Crippen LogP contribution in [0, 0.1) is 11.3 Å². The van der Waals surface area contributed by atoms with Crippen molar-refractivity contribution >= 4 is 17.7 Å². The molecule has 0 aliphatic heterocycles. The summed E-state index contributed by atoms with van der Waals surface area (Å²) in [6.45, 7) is 0. The lowest BCUT2D eigenvalue weighted by Gasteiger charge is -2.15. The van der Waals surface area contributed by atoms with E-state index in [-0.39, 0.29) is 5.57 Å². The van der Waals surface area contributed by atoms with Gasteiger partial charge in [-0.2, -0.15) is 5.26 Å². The first kappa shape index (κ1) is 12.8. The van der Waals surface area contributed by atoms with Crippen molar-refractivity contribution in [3.63, 3.8) is 0 Å². The number of hydrogen-bond acceptors (Lipinski definition) is 4. The van der Waals surface area contributed by atoms with Gasteiger partial charge in [-0.25, -0.2) is 4.79 Å². The first-order valence-electron chi connectivity index (χ1n) is 5.06. The number of hydrogen-bond donors (Lipinski definition) is 0. The molecular weight excluding hydrogens is 216 g/mol. The minimum Gasteiger partial charge on any atom is -0.465 e. The van der Waals surface area contributed by atoms with E-state index in [1.807, 2.05) is 49.3 Å². The zero-order valence-corrected chi connectivity index (χ0v) is 10.1. The summed E-state index contributed by atoms with van der Waals surface area (Å²) in [6, 6.07) is 9.35. The van der Waals surface area contributed by atoms with Gasteiger partial charge in [-0.05, 0) is 17.7 Å². The third kappa shape index (κ3) is 3.08. The van der Waals surface area contributed by atoms with Gasteiger partial charge in [0.1, 0.15) is 11.6 Å². The molecule has 0 radical (unpaired) electrons.